The molecule has 2 heterocycles. The van der Waals surface area contributed by atoms with Crippen LogP contribution < -0.4 is 5.32 Å². The minimum atomic E-state index is 0.487. The summed E-state index contributed by atoms with van der Waals surface area (Å²) < 4.78 is 0. The third kappa shape index (κ3) is 4.34. The first-order valence-electron chi connectivity index (χ1n) is 8.67. The molecule has 0 radical (unpaired) electrons. The van der Waals surface area contributed by atoms with Gasteiger partial charge in [-0.05, 0) is 24.1 Å². The molecule has 2 aliphatic rings. The van der Waals surface area contributed by atoms with Crippen LogP contribution in [0.25, 0.3) is 0 Å². The molecule has 3 rings (SSSR count). The monoisotopic (exact) mass is 309 g/mol. The molecular weight excluding hydrogens is 282 g/mol. The fourth-order valence-corrected chi connectivity index (χ4v) is 3.43. The Balaban J connectivity index is 1.56. The van der Waals surface area contributed by atoms with Crippen LogP contribution in [-0.4, -0.2) is 42.0 Å². The highest BCUT2D eigenvalue weighted by atomic mass is 15.3. The van der Waals surface area contributed by atoms with E-state index < -0.39 is 0 Å². The minimum Gasteiger partial charge on any atom is -0.364 e. The Labute approximate surface area is 140 Å². The average Bonchev–Trinajstić information content (AvgIpc) is 2.87. The summed E-state index contributed by atoms with van der Waals surface area (Å²) in [5.74, 6) is 0. The van der Waals surface area contributed by atoms with Crippen molar-refractivity contribution in [1.82, 2.24) is 15.1 Å². The summed E-state index contributed by atoms with van der Waals surface area (Å²) in [6.07, 6.45) is 11.6. The van der Waals surface area contributed by atoms with E-state index in [-0.39, 0.29) is 0 Å². The van der Waals surface area contributed by atoms with E-state index in [9.17, 15) is 0 Å². The predicted molar refractivity (Wildman–Crippen MR) is 96.9 cm³/mol. The number of rotatable bonds is 5. The summed E-state index contributed by atoms with van der Waals surface area (Å²) in [4.78, 5) is 5.18. The van der Waals surface area contributed by atoms with Crippen molar-refractivity contribution in [2.24, 2.45) is 0 Å². The number of piperazine rings is 1. The molecule has 2 aliphatic heterocycles. The second-order valence-electron chi connectivity index (χ2n) is 6.23. The lowest BCUT2D eigenvalue weighted by atomic mass is 10.1. The first kappa shape index (κ1) is 16.0. The largest absolute Gasteiger partial charge is 0.364 e. The highest BCUT2D eigenvalue weighted by molar-refractivity contribution is 5.24. The maximum atomic E-state index is 3.44. The van der Waals surface area contributed by atoms with Crippen LogP contribution in [0.15, 0.2) is 66.5 Å². The Morgan fingerprint density at radius 1 is 1.00 bits per heavy atom. The second kappa shape index (κ2) is 8.14. The Morgan fingerprint density at radius 2 is 1.78 bits per heavy atom. The van der Waals surface area contributed by atoms with Crippen molar-refractivity contribution in [1.29, 1.82) is 0 Å². The van der Waals surface area contributed by atoms with E-state index in [1.165, 1.54) is 11.3 Å². The number of hydrogen-bond donors (Lipinski definition) is 1. The fourth-order valence-electron chi connectivity index (χ4n) is 3.43. The van der Waals surface area contributed by atoms with Gasteiger partial charge in [-0.1, -0.05) is 49.4 Å². The molecule has 0 aliphatic carbocycles. The first-order chi connectivity index (χ1) is 11.4. The molecule has 1 fully saturated rings. The Bertz CT molecular complexity index is 566. The van der Waals surface area contributed by atoms with Crippen molar-refractivity contribution in [3.05, 3.63) is 72.1 Å². The van der Waals surface area contributed by atoms with Crippen molar-refractivity contribution in [3.63, 3.8) is 0 Å². The normalized spacial score (nSPS) is 20.7. The number of hydrogen-bond acceptors (Lipinski definition) is 3. The van der Waals surface area contributed by atoms with Gasteiger partial charge in [0.25, 0.3) is 0 Å². The smallest absolute Gasteiger partial charge is 0.0496 e. The van der Waals surface area contributed by atoms with E-state index >= 15 is 0 Å². The SMILES string of the molecule is CCC(C1=CC=CC=CN1)N1CCN(Cc2ccccc2)CC1. The predicted octanol–water partition coefficient (Wildman–Crippen LogP) is 3.14. The summed E-state index contributed by atoms with van der Waals surface area (Å²) in [7, 11) is 0. The van der Waals surface area contributed by atoms with Gasteiger partial charge in [0.15, 0.2) is 0 Å². The van der Waals surface area contributed by atoms with Crippen molar-refractivity contribution >= 4 is 0 Å². The van der Waals surface area contributed by atoms with Crippen LogP contribution in [0.3, 0.4) is 0 Å². The van der Waals surface area contributed by atoms with Crippen LogP contribution in [0.5, 0.6) is 0 Å². The van der Waals surface area contributed by atoms with Crippen molar-refractivity contribution in [2.45, 2.75) is 25.9 Å². The summed E-state index contributed by atoms with van der Waals surface area (Å²) >= 11 is 0. The summed E-state index contributed by atoms with van der Waals surface area (Å²) in [5, 5.41) is 3.44. The fraction of sp³-hybridized carbons (Fsp3) is 0.400. The van der Waals surface area contributed by atoms with Crippen LogP contribution in [0, 0.1) is 0 Å². The molecule has 0 bridgehead atoms. The number of allylic oxidation sites excluding steroid dienone is 4. The zero-order valence-electron chi connectivity index (χ0n) is 14.0. The van der Waals surface area contributed by atoms with Gasteiger partial charge in [-0.2, -0.15) is 0 Å². The third-order valence-electron chi connectivity index (χ3n) is 4.69. The molecule has 0 saturated carbocycles. The lowest BCUT2D eigenvalue weighted by molar-refractivity contribution is 0.100. The van der Waals surface area contributed by atoms with Gasteiger partial charge in [0, 0.05) is 50.7 Å². The van der Waals surface area contributed by atoms with Gasteiger partial charge >= 0.3 is 0 Å². The highest BCUT2D eigenvalue weighted by Gasteiger charge is 2.25. The van der Waals surface area contributed by atoms with Gasteiger partial charge in [0.2, 0.25) is 0 Å². The highest BCUT2D eigenvalue weighted by Crippen LogP contribution is 2.17. The van der Waals surface area contributed by atoms with Crippen LogP contribution in [-0.2, 0) is 6.54 Å². The minimum absolute atomic E-state index is 0.487. The maximum Gasteiger partial charge on any atom is 0.0496 e. The molecule has 1 saturated heterocycles. The molecule has 1 aromatic carbocycles. The Kier molecular flexibility index (Phi) is 5.67. The molecule has 0 aromatic heterocycles. The first-order valence-corrected chi connectivity index (χ1v) is 8.67. The topological polar surface area (TPSA) is 18.5 Å². The molecule has 3 heteroatoms. The van der Waals surface area contributed by atoms with E-state index in [0.717, 1.165) is 39.1 Å². The quantitative estimate of drug-likeness (QED) is 0.901. The lowest BCUT2D eigenvalue weighted by Crippen LogP contribution is -2.51. The second-order valence-corrected chi connectivity index (χ2v) is 6.23. The van der Waals surface area contributed by atoms with E-state index in [1.54, 1.807) is 0 Å². The molecule has 0 spiro atoms. The Hall–Kier alpha value is -1.84. The number of nitrogens with zero attached hydrogens (tertiary/aromatic N) is 2. The molecule has 1 unspecified atom stereocenters. The zero-order chi connectivity index (χ0) is 15.9. The average molecular weight is 309 g/mol. The van der Waals surface area contributed by atoms with E-state index in [2.05, 4.69) is 70.6 Å². The zero-order valence-corrected chi connectivity index (χ0v) is 14.0. The van der Waals surface area contributed by atoms with E-state index in [1.807, 2.05) is 12.3 Å². The summed E-state index contributed by atoms with van der Waals surface area (Å²) in [6.45, 7) is 7.91. The van der Waals surface area contributed by atoms with Crippen LogP contribution in [0.2, 0.25) is 0 Å². The van der Waals surface area contributed by atoms with Gasteiger partial charge in [-0.3, -0.25) is 9.80 Å². The van der Waals surface area contributed by atoms with Gasteiger partial charge in [0.1, 0.15) is 0 Å². The van der Waals surface area contributed by atoms with Crippen molar-refractivity contribution in [2.75, 3.05) is 26.2 Å². The van der Waals surface area contributed by atoms with E-state index in [4.69, 9.17) is 0 Å². The number of benzene rings is 1. The molecule has 122 valence electrons. The summed E-state index contributed by atoms with van der Waals surface area (Å²) in [5.41, 5.74) is 2.73. The number of nitrogens with one attached hydrogen (secondary N) is 1. The Morgan fingerprint density at radius 3 is 2.52 bits per heavy atom. The lowest BCUT2D eigenvalue weighted by Gasteiger charge is -2.40. The third-order valence-corrected chi connectivity index (χ3v) is 4.69. The molecule has 23 heavy (non-hydrogen) atoms. The van der Waals surface area contributed by atoms with Crippen molar-refractivity contribution < 1.29 is 0 Å². The van der Waals surface area contributed by atoms with Crippen LogP contribution in [0.4, 0.5) is 0 Å². The molecular formula is C20H27N3. The molecule has 3 nitrogen and oxygen atoms in total. The van der Waals surface area contributed by atoms with Crippen molar-refractivity contribution in [3.8, 4) is 0 Å². The molecule has 1 N–H and O–H groups in total. The van der Waals surface area contributed by atoms with Gasteiger partial charge in [-0.25, -0.2) is 0 Å². The van der Waals surface area contributed by atoms with Gasteiger partial charge in [-0.15, -0.1) is 0 Å². The molecule has 0 amide bonds. The van der Waals surface area contributed by atoms with Gasteiger partial charge < -0.3 is 5.32 Å². The van der Waals surface area contributed by atoms with E-state index in [0.29, 0.717) is 6.04 Å². The molecule has 1 atom stereocenters. The molecule has 1 aromatic rings. The summed E-state index contributed by atoms with van der Waals surface area (Å²) in [6, 6.07) is 11.3. The van der Waals surface area contributed by atoms with Crippen LogP contribution >= 0.6 is 0 Å². The van der Waals surface area contributed by atoms with Crippen LogP contribution in [0.1, 0.15) is 18.9 Å². The maximum absolute atomic E-state index is 3.44. The standard InChI is InChI=1S/C20H27N3/c1-2-20(19-11-7-4-8-12-21-19)23-15-13-22(14-16-23)17-18-9-5-3-6-10-18/h3-12,20-21H,2,13-17H2,1H3. The van der Waals surface area contributed by atoms with Gasteiger partial charge in [0.05, 0.1) is 0 Å².